The molecule has 0 amide bonds. The first-order valence-corrected chi connectivity index (χ1v) is 33.4. The number of rotatable bonds is 10. The van der Waals surface area contributed by atoms with Crippen molar-refractivity contribution in [1.29, 1.82) is 0 Å². The molecule has 0 saturated carbocycles. The number of pyridine rings is 4. The van der Waals surface area contributed by atoms with Gasteiger partial charge < -0.3 is 0 Å². The van der Waals surface area contributed by atoms with Crippen molar-refractivity contribution in [3.05, 3.63) is 244 Å². The van der Waals surface area contributed by atoms with Gasteiger partial charge in [-0.15, -0.1) is 0 Å². The fourth-order valence-electron chi connectivity index (χ4n) is 13.0. The molecule has 0 aliphatic carbocycles. The summed E-state index contributed by atoms with van der Waals surface area (Å²) in [6.45, 7) is 50.7. The topological polar surface area (TPSA) is 129 Å². The summed E-state index contributed by atoms with van der Waals surface area (Å²) in [5, 5.41) is 0. The Morgan fingerprint density at radius 3 is 0.604 bits per heavy atom. The van der Waals surface area contributed by atoms with Gasteiger partial charge in [-0.05, 0) is 336 Å². The Morgan fingerprint density at radius 1 is 0.146 bits per heavy atom. The van der Waals surface area contributed by atoms with E-state index < -0.39 is 0 Å². The lowest BCUT2D eigenvalue weighted by Crippen LogP contribution is -2.08. The van der Waals surface area contributed by atoms with Crippen molar-refractivity contribution in [3.63, 3.8) is 0 Å². The maximum atomic E-state index is 5.27. The van der Waals surface area contributed by atoms with Gasteiger partial charge in [0.15, 0.2) is 34.9 Å². The highest BCUT2D eigenvalue weighted by atomic mass is 15.1. The van der Waals surface area contributed by atoms with E-state index in [1.165, 1.54) is 55.6 Å². The van der Waals surface area contributed by atoms with Crippen molar-refractivity contribution in [2.45, 2.75) is 166 Å². The van der Waals surface area contributed by atoms with E-state index in [1.54, 1.807) is 0 Å². The highest BCUT2D eigenvalue weighted by Crippen LogP contribution is 2.40. The summed E-state index contributed by atoms with van der Waals surface area (Å²) < 4.78 is 0. The van der Waals surface area contributed by atoms with Crippen LogP contribution in [-0.2, 0) is 0 Å². The lowest BCUT2D eigenvalue weighted by atomic mass is 9.93. The van der Waals surface area contributed by atoms with Crippen LogP contribution < -0.4 is 0 Å². The van der Waals surface area contributed by atoms with E-state index in [9.17, 15) is 0 Å². The number of hydrogen-bond donors (Lipinski definition) is 0. The zero-order chi connectivity index (χ0) is 69.2. The number of nitrogens with zero attached hydrogens (tertiary/aromatic N) is 10. The van der Waals surface area contributed by atoms with Gasteiger partial charge in [0.2, 0.25) is 0 Å². The Morgan fingerprint density at radius 2 is 0.354 bits per heavy atom. The molecule has 0 atom stereocenters. The van der Waals surface area contributed by atoms with Crippen molar-refractivity contribution < 1.29 is 0 Å². The fraction of sp³-hybridized carbons (Fsp3) is 0.279. The zero-order valence-corrected chi connectivity index (χ0v) is 60.9. The fourth-order valence-corrected chi connectivity index (χ4v) is 13.0. The van der Waals surface area contributed by atoms with Gasteiger partial charge >= 0.3 is 0 Å². The van der Waals surface area contributed by atoms with Crippen molar-refractivity contribution >= 4 is 0 Å². The lowest BCUT2D eigenvalue weighted by Gasteiger charge is -2.18. The van der Waals surface area contributed by atoms with Crippen molar-refractivity contribution in [1.82, 2.24) is 49.8 Å². The number of aryl methyl sites for hydroxylation is 16. The maximum absolute atomic E-state index is 5.27. The Balaban J connectivity index is 0.000000195. The zero-order valence-electron chi connectivity index (χ0n) is 60.9. The molecule has 0 fully saturated rings. The highest BCUT2D eigenvalue weighted by Gasteiger charge is 2.25. The van der Waals surface area contributed by atoms with Crippen molar-refractivity contribution in [3.8, 4) is 113 Å². The van der Waals surface area contributed by atoms with Gasteiger partial charge in [-0.2, -0.15) is 0 Å². The SMILES string of the molecule is Cc1ccc(-c2cc(-c3ccc(C)c(C)c3)cc(-c3nc(-c4c(C)c(C)nc(C)c4C)nc(-c4c(C)c(C)nc(C)c4C)n3)c2)cc1C.Cc1ccc(-c2cc(-c3ccc(C)c(C)c3)cc(-c3nc(-c4c(C)nc(C)c(C)c4C)nc(-c4c(C)nc(C)c(C)c4C)n3)c2)cc1C. The summed E-state index contributed by atoms with van der Waals surface area (Å²) in [7, 11) is 0. The molecular formula is C86H90N10. The second kappa shape index (κ2) is 26.6. The van der Waals surface area contributed by atoms with Crippen LogP contribution in [0, 0.1) is 166 Å². The molecule has 484 valence electrons. The van der Waals surface area contributed by atoms with Crippen LogP contribution in [0.4, 0.5) is 0 Å². The van der Waals surface area contributed by atoms with E-state index in [0.717, 1.165) is 157 Å². The average Bonchev–Trinajstić information content (AvgIpc) is 0.774. The quantitative estimate of drug-likeness (QED) is 0.130. The predicted octanol–water partition coefficient (Wildman–Crippen LogP) is 21.4. The molecule has 12 aromatic rings. The van der Waals surface area contributed by atoms with E-state index in [2.05, 4.69) is 262 Å². The Kier molecular flexibility index (Phi) is 18.7. The number of benzene rings is 6. The third kappa shape index (κ3) is 13.1. The Bertz CT molecular complexity index is 4810. The molecule has 6 heterocycles. The number of hydrogen-bond acceptors (Lipinski definition) is 10. The van der Waals surface area contributed by atoms with Gasteiger partial charge in [0.1, 0.15) is 0 Å². The molecule has 6 aromatic carbocycles. The van der Waals surface area contributed by atoms with E-state index in [-0.39, 0.29) is 0 Å². The summed E-state index contributed by atoms with van der Waals surface area (Å²) >= 11 is 0. The molecule has 0 radical (unpaired) electrons. The minimum atomic E-state index is 0.625. The summed E-state index contributed by atoms with van der Waals surface area (Å²) in [5.41, 5.74) is 41.8. The normalized spacial score (nSPS) is 11.3. The van der Waals surface area contributed by atoms with Crippen LogP contribution in [0.1, 0.15) is 135 Å². The molecule has 0 bridgehead atoms. The summed E-state index contributed by atoms with van der Waals surface area (Å²) in [6, 6.07) is 40.2. The van der Waals surface area contributed by atoms with Crippen LogP contribution in [-0.4, -0.2) is 49.8 Å². The lowest BCUT2D eigenvalue weighted by molar-refractivity contribution is 1.01. The number of aromatic nitrogens is 10. The standard InChI is InChI=1S/2C43H45N5/c1-22-13-15-34(17-24(22)3)36-19-37(35-16-14-23(2)25(4)18-35)21-38(20-36)41-46-42(39-26(5)30(9)44-31(10)27(39)6)48-43(47-41)40-28(7)32(11)45-33(12)29(40)8;1-22-13-15-34(17-24(22)3)36-19-37(35-16-14-23(2)25(4)18-35)21-38(20-36)41-46-42(39-28(7)26(5)30(9)44-32(39)11)48-43(47-41)40-29(8)27(6)31(10)45-33(40)12/h2*13-21H,1-12H3. The van der Waals surface area contributed by atoms with E-state index in [4.69, 9.17) is 49.8 Å². The van der Waals surface area contributed by atoms with E-state index >= 15 is 0 Å². The molecule has 0 unspecified atom stereocenters. The Labute approximate surface area is 569 Å². The summed E-state index contributed by atoms with van der Waals surface area (Å²) in [6.07, 6.45) is 0. The smallest absolute Gasteiger partial charge is 0.166 e. The van der Waals surface area contributed by atoms with Gasteiger partial charge in [-0.25, -0.2) is 29.9 Å². The van der Waals surface area contributed by atoms with Gasteiger partial charge in [0.25, 0.3) is 0 Å². The predicted molar refractivity (Wildman–Crippen MR) is 399 cm³/mol. The molecule has 6 aromatic heterocycles. The highest BCUT2D eigenvalue weighted by molar-refractivity contribution is 5.84. The molecule has 10 nitrogen and oxygen atoms in total. The van der Waals surface area contributed by atoms with E-state index in [0.29, 0.717) is 34.9 Å². The first-order valence-electron chi connectivity index (χ1n) is 33.4. The van der Waals surface area contributed by atoms with Gasteiger partial charge in [-0.1, -0.05) is 72.8 Å². The average molecular weight is 1260 g/mol. The van der Waals surface area contributed by atoms with Crippen molar-refractivity contribution in [2.24, 2.45) is 0 Å². The Hall–Kier alpha value is -10.1. The first kappa shape index (κ1) is 67.4. The third-order valence-electron chi connectivity index (χ3n) is 20.6. The van der Waals surface area contributed by atoms with Crippen LogP contribution >= 0.6 is 0 Å². The van der Waals surface area contributed by atoms with Gasteiger partial charge in [0, 0.05) is 78.9 Å². The van der Waals surface area contributed by atoms with Crippen LogP contribution in [0.3, 0.4) is 0 Å². The minimum absolute atomic E-state index is 0.625. The van der Waals surface area contributed by atoms with Crippen LogP contribution in [0.5, 0.6) is 0 Å². The van der Waals surface area contributed by atoms with Crippen LogP contribution in [0.15, 0.2) is 109 Å². The van der Waals surface area contributed by atoms with Crippen molar-refractivity contribution in [2.75, 3.05) is 0 Å². The summed E-state index contributed by atoms with van der Waals surface area (Å²) in [5.74, 6) is 3.84. The summed E-state index contributed by atoms with van der Waals surface area (Å²) in [4.78, 5) is 50.9. The molecule has 96 heavy (non-hydrogen) atoms. The van der Waals surface area contributed by atoms with E-state index in [1.807, 2.05) is 13.8 Å². The van der Waals surface area contributed by atoms with Crippen LogP contribution in [0.2, 0.25) is 0 Å². The molecular weight excluding hydrogens is 1170 g/mol. The molecule has 10 heteroatoms. The van der Waals surface area contributed by atoms with Gasteiger partial charge in [-0.3, -0.25) is 19.9 Å². The maximum Gasteiger partial charge on any atom is 0.166 e. The molecule has 0 aliphatic heterocycles. The largest absolute Gasteiger partial charge is 0.258 e. The molecule has 0 N–H and O–H groups in total. The minimum Gasteiger partial charge on any atom is -0.258 e. The molecule has 0 aliphatic rings. The van der Waals surface area contributed by atoms with Crippen LogP contribution in [0.25, 0.3) is 113 Å². The first-order chi connectivity index (χ1) is 45.5. The monoisotopic (exact) mass is 1260 g/mol. The van der Waals surface area contributed by atoms with Gasteiger partial charge in [0.05, 0.1) is 0 Å². The molecule has 0 spiro atoms. The second-order valence-electron chi connectivity index (χ2n) is 27.0. The second-order valence-corrected chi connectivity index (χ2v) is 27.0. The third-order valence-corrected chi connectivity index (χ3v) is 20.6. The molecule has 0 saturated heterocycles. The molecule has 12 rings (SSSR count).